The first kappa shape index (κ1) is 11.9. The average Bonchev–Trinajstić information content (AvgIpc) is 2.91. The molecule has 0 bridgehead atoms. The molecule has 2 fully saturated rings. The van der Waals surface area contributed by atoms with Gasteiger partial charge in [0.25, 0.3) is 0 Å². The minimum Gasteiger partial charge on any atom is -0.393 e. The predicted octanol–water partition coefficient (Wildman–Crippen LogP) is 0.774. The Balaban J connectivity index is 1.82. The summed E-state index contributed by atoms with van der Waals surface area (Å²) in [7, 11) is 1.75. The first-order chi connectivity index (χ1) is 8.67. The van der Waals surface area contributed by atoms with Crippen molar-refractivity contribution in [2.24, 2.45) is 11.8 Å². The summed E-state index contributed by atoms with van der Waals surface area (Å²) in [5.74, 6) is 1.97. The van der Waals surface area contributed by atoms with Crippen LogP contribution >= 0.6 is 11.6 Å². The van der Waals surface area contributed by atoms with E-state index in [0.717, 1.165) is 25.9 Å². The van der Waals surface area contributed by atoms with Gasteiger partial charge >= 0.3 is 0 Å². The average molecular weight is 270 g/mol. The summed E-state index contributed by atoms with van der Waals surface area (Å²) >= 11 is 5.88. The molecule has 3 rings (SSSR count). The molecule has 1 saturated carbocycles. The quantitative estimate of drug-likeness (QED) is 0.826. The van der Waals surface area contributed by atoms with Gasteiger partial charge in [-0.15, -0.1) is 0 Å². The SMILES string of the molecule is CNc1nc(Cl)nc(N2CC3CCC(O)C3C2)n1. The highest BCUT2D eigenvalue weighted by Gasteiger charge is 2.42. The molecule has 7 heteroatoms. The lowest BCUT2D eigenvalue weighted by atomic mass is 10.00. The van der Waals surface area contributed by atoms with Crippen molar-refractivity contribution in [1.29, 1.82) is 0 Å². The summed E-state index contributed by atoms with van der Waals surface area (Å²) in [5, 5.41) is 13.0. The van der Waals surface area contributed by atoms with E-state index in [2.05, 4.69) is 25.2 Å². The predicted molar refractivity (Wildman–Crippen MR) is 68.8 cm³/mol. The van der Waals surface area contributed by atoms with Crippen LogP contribution in [0.3, 0.4) is 0 Å². The van der Waals surface area contributed by atoms with E-state index in [1.165, 1.54) is 0 Å². The van der Waals surface area contributed by atoms with Crippen LogP contribution in [0.4, 0.5) is 11.9 Å². The normalized spacial score (nSPS) is 30.6. The van der Waals surface area contributed by atoms with Gasteiger partial charge in [0, 0.05) is 26.1 Å². The molecule has 2 aliphatic rings. The molecule has 3 unspecified atom stereocenters. The highest BCUT2D eigenvalue weighted by Crippen LogP contribution is 2.39. The molecule has 1 aromatic rings. The topological polar surface area (TPSA) is 74.2 Å². The number of halogens is 1. The molecule has 1 saturated heterocycles. The molecular formula is C11H16ClN5O. The fourth-order valence-corrected chi connectivity index (χ4v) is 3.15. The van der Waals surface area contributed by atoms with Crippen LogP contribution in [0.1, 0.15) is 12.8 Å². The molecule has 0 spiro atoms. The van der Waals surface area contributed by atoms with Gasteiger partial charge in [-0.25, -0.2) is 0 Å². The largest absolute Gasteiger partial charge is 0.393 e. The number of hydrogen-bond acceptors (Lipinski definition) is 6. The molecule has 98 valence electrons. The van der Waals surface area contributed by atoms with E-state index in [1.54, 1.807) is 7.05 Å². The third kappa shape index (κ3) is 1.99. The van der Waals surface area contributed by atoms with Crippen LogP contribution < -0.4 is 10.2 Å². The Morgan fingerprint density at radius 1 is 1.28 bits per heavy atom. The first-order valence-electron chi connectivity index (χ1n) is 6.19. The number of rotatable bonds is 2. The maximum absolute atomic E-state index is 9.90. The van der Waals surface area contributed by atoms with E-state index in [9.17, 15) is 5.11 Å². The van der Waals surface area contributed by atoms with Crippen LogP contribution in [0, 0.1) is 11.8 Å². The minimum absolute atomic E-state index is 0.180. The lowest BCUT2D eigenvalue weighted by Gasteiger charge is -2.18. The van der Waals surface area contributed by atoms with Crippen LogP contribution in [0.15, 0.2) is 0 Å². The second-order valence-electron chi connectivity index (χ2n) is 4.95. The van der Waals surface area contributed by atoms with Gasteiger partial charge in [0.05, 0.1) is 6.10 Å². The molecule has 0 aromatic carbocycles. The molecule has 18 heavy (non-hydrogen) atoms. The minimum atomic E-state index is -0.180. The lowest BCUT2D eigenvalue weighted by Crippen LogP contribution is -2.26. The number of fused-ring (bicyclic) bond motifs is 1. The van der Waals surface area contributed by atoms with Gasteiger partial charge in [0.2, 0.25) is 17.2 Å². The summed E-state index contributed by atoms with van der Waals surface area (Å²) < 4.78 is 0. The van der Waals surface area contributed by atoms with Crippen molar-refractivity contribution in [2.75, 3.05) is 30.4 Å². The number of nitrogens with one attached hydrogen (secondary N) is 1. The lowest BCUT2D eigenvalue weighted by molar-refractivity contribution is 0.133. The van der Waals surface area contributed by atoms with Crippen molar-refractivity contribution in [1.82, 2.24) is 15.0 Å². The number of aromatic nitrogens is 3. The Bertz CT molecular complexity index is 457. The van der Waals surface area contributed by atoms with Crippen molar-refractivity contribution < 1.29 is 5.11 Å². The second kappa shape index (κ2) is 4.51. The van der Waals surface area contributed by atoms with Gasteiger partial charge < -0.3 is 15.3 Å². The zero-order valence-corrected chi connectivity index (χ0v) is 10.9. The molecule has 2 heterocycles. The van der Waals surface area contributed by atoms with E-state index in [1.807, 2.05) is 0 Å². The van der Waals surface area contributed by atoms with Crippen LogP contribution in [0.2, 0.25) is 5.28 Å². The van der Waals surface area contributed by atoms with Crippen LogP contribution in [0.5, 0.6) is 0 Å². The maximum atomic E-state index is 9.90. The van der Waals surface area contributed by atoms with Crippen LogP contribution in [-0.4, -0.2) is 46.3 Å². The van der Waals surface area contributed by atoms with Gasteiger partial charge in [-0.05, 0) is 30.4 Å². The monoisotopic (exact) mass is 269 g/mol. The number of aliphatic hydroxyl groups excluding tert-OH is 1. The van der Waals surface area contributed by atoms with Gasteiger partial charge in [-0.3, -0.25) is 0 Å². The van der Waals surface area contributed by atoms with E-state index < -0.39 is 0 Å². The van der Waals surface area contributed by atoms with Gasteiger partial charge in [0.1, 0.15) is 0 Å². The van der Waals surface area contributed by atoms with E-state index in [0.29, 0.717) is 23.7 Å². The van der Waals surface area contributed by atoms with Crippen molar-refractivity contribution in [2.45, 2.75) is 18.9 Å². The second-order valence-corrected chi connectivity index (χ2v) is 5.29. The molecule has 0 amide bonds. The zero-order chi connectivity index (χ0) is 12.7. The van der Waals surface area contributed by atoms with Gasteiger partial charge in [-0.2, -0.15) is 15.0 Å². The molecule has 6 nitrogen and oxygen atoms in total. The Kier molecular flexibility index (Phi) is 2.99. The van der Waals surface area contributed by atoms with Gasteiger partial charge in [-0.1, -0.05) is 0 Å². The molecular weight excluding hydrogens is 254 g/mol. The summed E-state index contributed by atoms with van der Waals surface area (Å²) in [6.45, 7) is 1.69. The van der Waals surface area contributed by atoms with E-state index >= 15 is 0 Å². The third-order valence-corrected chi connectivity index (χ3v) is 4.09. The molecule has 1 aliphatic carbocycles. The maximum Gasteiger partial charge on any atom is 0.231 e. The smallest absolute Gasteiger partial charge is 0.231 e. The summed E-state index contributed by atoms with van der Waals surface area (Å²) in [6.07, 6.45) is 1.82. The zero-order valence-electron chi connectivity index (χ0n) is 10.2. The number of anilines is 2. The fraction of sp³-hybridized carbons (Fsp3) is 0.727. The Hall–Kier alpha value is -1.14. The van der Waals surface area contributed by atoms with Gasteiger partial charge in [0.15, 0.2) is 0 Å². The number of nitrogens with zero attached hydrogens (tertiary/aromatic N) is 4. The summed E-state index contributed by atoms with van der Waals surface area (Å²) in [6, 6.07) is 0. The van der Waals surface area contributed by atoms with Crippen molar-refractivity contribution in [3.05, 3.63) is 5.28 Å². The fourth-order valence-electron chi connectivity index (χ4n) is 2.99. The summed E-state index contributed by atoms with van der Waals surface area (Å²) in [5.41, 5.74) is 0. The Morgan fingerprint density at radius 2 is 2.11 bits per heavy atom. The Labute approximate surface area is 110 Å². The first-order valence-corrected chi connectivity index (χ1v) is 6.57. The van der Waals surface area contributed by atoms with Crippen LogP contribution in [0.25, 0.3) is 0 Å². The van der Waals surface area contributed by atoms with Crippen LogP contribution in [-0.2, 0) is 0 Å². The highest BCUT2D eigenvalue weighted by molar-refractivity contribution is 6.28. The standard InChI is InChI=1S/C11H16ClN5O/c1-13-10-14-9(12)15-11(16-10)17-4-6-2-3-8(18)7(6)5-17/h6-8,18H,2-5H2,1H3,(H,13,14,15,16). The number of hydrogen-bond donors (Lipinski definition) is 2. The molecule has 2 N–H and O–H groups in total. The number of aliphatic hydroxyl groups is 1. The Morgan fingerprint density at radius 3 is 2.83 bits per heavy atom. The van der Waals surface area contributed by atoms with E-state index in [-0.39, 0.29) is 11.4 Å². The molecule has 3 atom stereocenters. The van der Waals surface area contributed by atoms with Crippen molar-refractivity contribution in [3.8, 4) is 0 Å². The highest BCUT2D eigenvalue weighted by atomic mass is 35.5. The summed E-state index contributed by atoms with van der Waals surface area (Å²) in [4.78, 5) is 14.5. The third-order valence-electron chi connectivity index (χ3n) is 3.92. The molecule has 1 aromatic heterocycles. The molecule has 0 radical (unpaired) electrons. The molecule has 1 aliphatic heterocycles. The van der Waals surface area contributed by atoms with E-state index in [4.69, 9.17) is 11.6 Å². The van der Waals surface area contributed by atoms with Crippen molar-refractivity contribution in [3.63, 3.8) is 0 Å². The van der Waals surface area contributed by atoms with Crippen molar-refractivity contribution >= 4 is 23.5 Å².